The van der Waals surface area contributed by atoms with E-state index in [9.17, 15) is 22.8 Å². The van der Waals surface area contributed by atoms with Gasteiger partial charge in [-0.05, 0) is 25.0 Å². The van der Waals surface area contributed by atoms with Gasteiger partial charge in [0.1, 0.15) is 0 Å². The van der Waals surface area contributed by atoms with Crippen LogP contribution in [0.1, 0.15) is 28.4 Å². The summed E-state index contributed by atoms with van der Waals surface area (Å²) in [5, 5.41) is 5.77. The summed E-state index contributed by atoms with van der Waals surface area (Å²) in [5.74, 6) is -3.20. The first-order chi connectivity index (χ1) is 10.3. The first-order valence-electron chi connectivity index (χ1n) is 6.21. The third kappa shape index (κ3) is 3.01. The second-order valence-corrected chi connectivity index (χ2v) is 5.75. The fraction of sp³-hybridized carbons (Fsp3) is 0.333. The molecule has 6 nitrogen and oxygen atoms in total. The average Bonchev–Trinajstić information content (AvgIpc) is 2.96. The molecule has 2 aromatic heterocycles. The summed E-state index contributed by atoms with van der Waals surface area (Å²) in [4.78, 5) is 27.0. The van der Waals surface area contributed by atoms with E-state index in [4.69, 9.17) is 0 Å². The number of carbonyl (C=O) groups excluding carboxylic acids is 2. The molecule has 1 aliphatic carbocycles. The van der Waals surface area contributed by atoms with Crippen LogP contribution < -0.4 is 5.32 Å². The summed E-state index contributed by atoms with van der Waals surface area (Å²) >= 11 is 0.831. The fourth-order valence-electron chi connectivity index (χ4n) is 1.61. The van der Waals surface area contributed by atoms with Gasteiger partial charge in [-0.1, -0.05) is 5.16 Å². The number of thiophene rings is 1. The molecule has 3 rings (SSSR count). The van der Waals surface area contributed by atoms with E-state index in [0.29, 0.717) is 0 Å². The van der Waals surface area contributed by atoms with Crippen molar-refractivity contribution in [3.05, 3.63) is 22.9 Å². The average molecular weight is 331 g/mol. The Balaban J connectivity index is 1.76. The van der Waals surface area contributed by atoms with E-state index in [1.807, 2.05) is 0 Å². The topological polar surface area (TPSA) is 85.1 Å². The van der Waals surface area contributed by atoms with Gasteiger partial charge in [-0.25, -0.2) is 0 Å². The zero-order valence-electron chi connectivity index (χ0n) is 10.8. The van der Waals surface area contributed by atoms with Crippen LogP contribution in [-0.4, -0.2) is 27.9 Å². The predicted octanol–water partition coefficient (Wildman–Crippen LogP) is 2.28. The second kappa shape index (κ2) is 5.20. The van der Waals surface area contributed by atoms with E-state index >= 15 is 0 Å². The molecule has 10 heteroatoms. The number of halogens is 3. The number of hydrogen-bond donors (Lipinski definition) is 1. The molecular weight excluding hydrogens is 323 g/mol. The molecule has 0 radical (unpaired) electrons. The highest BCUT2D eigenvalue weighted by Crippen LogP contribution is 2.31. The Kier molecular flexibility index (Phi) is 3.47. The number of alkyl halides is 3. The van der Waals surface area contributed by atoms with Gasteiger partial charge in [-0.15, -0.1) is 11.3 Å². The van der Waals surface area contributed by atoms with Gasteiger partial charge < -0.3 is 9.84 Å². The molecule has 1 saturated carbocycles. The number of nitrogens with one attached hydrogen (secondary N) is 1. The van der Waals surface area contributed by atoms with Crippen molar-refractivity contribution < 1.29 is 27.3 Å². The van der Waals surface area contributed by atoms with Crippen molar-refractivity contribution in [1.82, 2.24) is 15.5 Å². The molecule has 0 bridgehead atoms. The SMILES string of the molecule is O=C(NC1CC1)C(=O)c1ccc(-c2noc(C(F)(F)F)n2)s1. The Labute approximate surface area is 125 Å². The molecule has 0 spiro atoms. The molecule has 1 fully saturated rings. The molecule has 2 aromatic rings. The predicted molar refractivity (Wildman–Crippen MR) is 68.1 cm³/mol. The number of carbonyl (C=O) groups is 2. The van der Waals surface area contributed by atoms with Crippen LogP contribution in [-0.2, 0) is 11.0 Å². The van der Waals surface area contributed by atoms with Gasteiger partial charge in [0, 0.05) is 6.04 Å². The van der Waals surface area contributed by atoms with Crippen LogP contribution in [0.25, 0.3) is 10.7 Å². The lowest BCUT2D eigenvalue weighted by Gasteiger charge is -1.99. The van der Waals surface area contributed by atoms with Gasteiger partial charge in [0.2, 0.25) is 5.82 Å². The van der Waals surface area contributed by atoms with E-state index in [0.717, 1.165) is 24.2 Å². The van der Waals surface area contributed by atoms with Gasteiger partial charge in [-0.3, -0.25) is 9.59 Å². The molecule has 0 aliphatic heterocycles. The maximum absolute atomic E-state index is 12.4. The Bertz CT molecular complexity index is 733. The summed E-state index contributed by atoms with van der Waals surface area (Å²) in [6.45, 7) is 0. The molecule has 22 heavy (non-hydrogen) atoms. The van der Waals surface area contributed by atoms with Crippen molar-refractivity contribution in [3.8, 4) is 10.7 Å². The van der Waals surface area contributed by atoms with Gasteiger partial charge in [0.05, 0.1) is 9.75 Å². The van der Waals surface area contributed by atoms with E-state index in [1.165, 1.54) is 12.1 Å². The highest BCUT2D eigenvalue weighted by atomic mass is 32.1. The van der Waals surface area contributed by atoms with E-state index < -0.39 is 23.8 Å². The molecule has 0 atom stereocenters. The highest BCUT2D eigenvalue weighted by Gasteiger charge is 2.38. The van der Waals surface area contributed by atoms with Crippen LogP contribution in [0.5, 0.6) is 0 Å². The van der Waals surface area contributed by atoms with E-state index in [-0.39, 0.29) is 21.6 Å². The lowest BCUT2D eigenvalue weighted by Crippen LogP contribution is -2.32. The minimum atomic E-state index is -4.73. The third-order valence-electron chi connectivity index (χ3n) is 2.84. The van der Waals surface area contributed by atoms with Crippen molar-refractivity contribution in [1.29, 1.82) is 0 Å². The molecule has 2 heterocycles. The van der Waals surface area contributed by atoms with Gasteiger partial charge in [0.15, 0.2) is 0 Å². The zero-order chi connectivity index (χ0) is 15.9. The number of nitrogens with zero attached hydrogens (tertiary/aromatic N) is 2. The van der Waals surface area contributed by atoms with Gasteiger partial charge in [0.25, 0.3) is 11.7 Å². The number of rotatable bonds is 4. The minimum absolute atomic E-state index is 0.0439. The number of amides is 1. The van der Waals surface area contributed by atoms with Crippen molar-refractivity contribution in [2.24, 2.45) is 0 Å². The zero-order valence-corrected chi connectivity index (χ0v) is 11.6. The molecular formula is C12H8F3N3O3S. The third-order valence-corrected chi connectivity index (χ3v) is 3.92. The van der Waals surface area contributed by atoms with Crippen LogP contribution in [0, 0.1) is 0 Å². The van der Waals surface area contributed by atoms with Crippen LogP contribution in [0.3, 0.4) is 0 Å². The van der Waals surface area contributed by atoms with Gasteiger partial charge >= 0.3 is 12.1 Å². The maximum atomic E-state index is 12.4. The maximum Gasteiger partial charge on any atom is 0.471 e. The Hall–Kier alpha value is -2.23. The molecule has 1 aliphatic rings. The number of hydrogen-bond acceptors (Lipinski definition) is 6. The second-order valence-electron chi connectivity index (χ2n) is 4.66. The fourth-order valence-corrected chi connectivity index (χ4v) is 2.48. The minimum Gasteiger partial charge on any atom is -0.346 e. The van der Waals surface area contributed by atoms with Crippen molar-refractivity contribution in [2.45, 2.75) is 25.1 Å². The lowest BCUT2D eigenvalue weighted by atomic mass is 10.3. The van der Waals surface area contributed by atoms with E-state index in [2.05, 4.69) is 20.0 Å². The van der Waals surface area contributed by atoms with Crippen molar-refractivity contribution >= 4 is 23.0 Å². The highest BCUT2D eigenvalue weighted by molar-refractivity contribution is 7.18. The van der Waals surface area contributed by atoms with Crippen molar-refractivity contribution in [3.63, 3.8) is 0 Å². The van der Waals surface area contributed by atoms with Crippen LogP contribution in [0.2, 0.25) is 0 Å². The molecule has 0 unspecified atom stereocenters. The summed E-state index contributed by atoms with van der Waals surface area (Å²) < 4.78 is 41.3. The smallest absolute Gasteiger partial charge is 0.346 e. The van der Waals surface area contributed by atoms with Crippen LogP contribution in [0.4, 0.5) is 13.2 Å². The quantitative estimate of drug-likeness (QED) is 0.686. The molecule has 1 N–H and O–H groups in total. The number of aromatic nitrogens is 2. The number of Topliss-reactive ketones (excluding diaryl/α,β-unsaturated/α-hetero) is 1. The first kappa shape index (κ1) is 14.7. The largest absolute Gasteiger partial charge is 0.471 e. The standard InChI is InChI=1S/C12H8F3N3O3S/c13-12(14,15)11-17-9(18-21-11)7-4-3-6(22-7)8(19)10(20)16-5-1-2-5/h3-5H,1-2H2,(H,16,20). The summed E-state index contributed by atoms with van der Waals surface area (Å²) in [6, 6.07) is 2.76. The molecule has 1 amide bonds. The van der Waals surface area contributed by atoms with E-state index in [1.54, 1.807) is 0 Å². The first-order valence-corrected chi connectivity index (χ1v) is 7.02. The Morgan fingerprint density at radius 3 is 2.64 bits per heavy atom. The Morgan fingerprint density at radius 2 is 2.05 bits per heavy atom. The number of ketones is 1. The summed E-state index contributed by atoms with van der Waals surface area (Å²) in [5.41, 5.74) is 0. The van der Waals surface area contributed by atoms with Crippen LogP contribution in [0.15, 0.2) is 16.7 Å². The normalized spacial score (nSPS) is 14.9. The summed E-state index contributed by atoms with van der Waals surface area (Å²) in [7, 11) is 0. The molecule has 0 saturated heterocycles. The van der Waals surface area contributed by atoms with Crippen molar-refractivity contribution in [2.75, 3.05) is 0 Å². The Morgan fingerprint density at radius 1 is 1.32 bits per heavy atom. The lowest BCUT2D eigenvalue weighted by molar-refractivity contribution is -0.159. The molecule has 0 aromatic carbocycles. The monoisotopic (exact) mass is 331 g/mol. The van der Waals surface area contributed by atoms with Gasteiger partial charge in [-0.2, -0.15) is 18.2 Å². The molecule has 116 valence electrons. The summed E-state index contributed by atoms with van der Waals surface area (Å²) in [6.07, 6.45) is -3.04. The van der Waals surface area contributed by atoms with Crippen LogP contribution >= 0.6 is 11.3 Å².